The molecule has 1 atom stereocenters. The van der Waals surface area contributed by atoms with Crippen LogP contribution in [0, 0.1) is 5.92 Å². The molecule has 102 valence electrons. The first-order chi connectivity index (χ1) is 8.69. The summed E-state index contributed by atoms with van der Waals surface area (Å²) in [6.07, 6.45) is 3.68. The topological polar surface area (TPSA) is 68.2 Å². The van der Waals surface area contributed by atoms with Gasteiger partial charge in [-0.15, -0.1) is 0 Å². The highest BCUT2D eigenvalue weighted by atomic mass is 16.5. The number of likely N-dealkylation sites (tertiary alicyclic amines) is 1. The number of hydrogen-bond acceptors (Lipinski definition) is 5. The van der Waals surface area contributed by atoms with E-state index >= 15 is 0 Å². The molecule has 0 aliphatic carbocycles. The average Bonchev–Trinajstić information content (AvgIpc) is 2.78. The van der Waals surface area contributed by atoms with Crippen LogP contribution in [0.1, 0.15) is 50.7 Å². The molecule has 2 rings (SSSR count). The van der Waals surface area contributed by atoms with Gasteiger partial charge in [-0.25, -0.2) is 0 Å². The molecule has 1 aromatic rings. The van der Waals surface area contributed by atoms with Crippen molar-refractivity contribution in [3.05, 3.63) is 11.7 Å². The largest absolute Gasteiger partial charge is 0.339 e. The summed E-state index contributed by atoms with van der Waals surface area (Å²) in [6.45, 7) is 7.97. The summed E-state index contributed by atoms with van der Waals surface area (Å²) in [5.41, 5.74) is 5.64. The molecular formula is C13H24N4O. The van der Waals surface area contributed by atoms with Crippen molar-refractivity contribution in [1.82, 2.24) is 15.0 Å². The van der Waals surface area contributed by atoms with E-state index in [1.54, 1.807) is 0 Å². The molecule has 1 saturated heterocycles. The Morgan fingerprint density at radius 1 is 1.50 bits per heavy atom. The minimum absolute atomic E-state index is 0.303. The summed E-state index contributed by atoms with van der Waals surface area (Å²) in [4.78, 5) is 6.85. The molecule has 1 unspecified atom stereocenters. The fourth-order valence-electron chi connectivity index (χ4n) is 2.53. The standard InChI is InChI=1S/C13H24N4O/c1-10(2)13-15-12(16-18-13)9-17-7-3-4-11(8-17)5-6-14/h10-11H,3-9,14H2,1-2H3. The summed E-state index contributed by atoms with van der Waals surface area (Å²) in [7, 11) is 0. The Balaban J connectivity index is 1.87. The van der Waals surface area contributed by atoms with E-state index in [0.29, 0.717) is 5.92 Å². The summed E-state index contributed by atoms with van der Waals surface area (Å²) in [5.74, 6) is 2.59. The molecule has 5 nitrogen and oxygen atoms in total. The molecule has 0 radical (unpaired) electrons. The minimum Gasteiger partial charge on any atom is -0.339 e. The van der Waals surface area contributed by atoms with E-state index in [1.165, 1.54) is 12.8 Å². The smallest absolute Gasteiger partial charge is 0.229 e. The lowest BCUT2D eigenvalue weighted by Crippen LogP contribution is -2.36. The van der Waals surface area contributed by atoms with Crippen molar-refractivity contribution in [2.45, 2.75) is 45.6 Å². The fourth-order valence-corrected chi connectivity index (χ4v) is 2.53. The summed E-state index contributed by atoms with van der Waals surface area (Å²) in [6, 6.07) is 0. The first-order valence-corrected chi connectivity index (χ1v) is 6.94. The Morgan fingerprint density at radius 3 is 3.00 bits per heavy atom. The van der Waals surface area contributed by atoms with Crippen LogP contribution in [0.2, 0.25) is 0 Å². The normalized spacial score (nSPS) is 21.7. The molecule has 0 aromatic carbocycles. The van der Waals surface area contributed by atoms with Crippen molar-refractivity contribution in [3.8, 4) is 0 Å². The van der Waals surface area contributed by atoms with Gasteiger partial charge in [0.15, 0.2) is 5.82 Å². The van der Waals surface area contributed by atoms with E-state index in [2.05, 4.69) is 28.9 Å². The monoisotopic (exact) mass is 252 g/mol. The second-order valence-electron chi connectivity index (χ2n) is 5.52. The maximum atomic E-state index is 5.64. The highest BCUT2D eigenvalue weighted by molar-refractivity contribution is 4.91. The molecule has 2 N–H and O–H groups in total. The van der Waals surface area contributed by atoms with Crippen LogP contribution in [0.15, 0.2) is 4.52 Å². The molecular weight excluding hydrogens is 228 g/mol. The van der Waals surface area contributed by atoms with Crippen LogP contribution in [-0.4, -0.2) is 34.7 Å². The molecule has 5 heteroatoms. The van der Waals surface area contributed by atoms with Crippen LogP contribution in [0.25, 0.3) is 0 Å². The fraction of sp³-hybridized carbons (Fsp3) is 0.846. The zero-order valence-corrected chi connectivity index (χ0v) is 11.4. The average molecular weight is 252 g/mol. The van der Waals surface area contributed by atoms with Crippen molar-refractivity contribution >= 4 is 0 Å². The first-order valence-electron chi connectivity index (χ1n) is 6.94. The van der Waals surface area contributed by atoms with Crippen molar-refractivity contribution in [1.29, 1.82) is 0 Å². The third-order valence-corrected chi connectivity index (χ3v) is 3.52. The van der Waals surface area contributed by atoms with Crippen LogP contribution in [0.5, 0.6) is 0 Å². The highest BCUT2D eigenvalue weighted by Gasteiger charge is 2.21. The van der Waals surface area contributed by atoms with Gasteiger partial charge in [-0.3, -0.25) is 4.90 Å². The maximum Gasteiger partial charge on any atom is 0.229 e. The lowest BCUT2D eigenvalue weighted by molar-refractivity contribution is 0.158. The third-order valence-electron chi connectivity index (χ3n) is 3.52. The molecule has 1 aromatic heterocycles. The minimum atomic E-state index is 0.303. The number of hydrogen-bond donors (Lipinski definition) is 1. The van der Waals surface area contributed by atoms with Gasteiger partial charge in [-0.1, -0.05) is 19.0 Å². The molecule has 0 spiro atoms. The number of piperidine rings is 1. The zero-order chi connectivity index (χ0) is 13.0. The van der Waals surface area contributed by atoms with Gasteiger partial charge in [0.1, 0.15) is 0 Å². The summed E-state index contributed by atoms with van der Waals surface area (Å²) in [5, 5.41) is 4.05. The molecule has 2 heterocycles. The van der Waals surface area contributed by atoms with Crippen LogP contribution in [0.4, 0.5) is 0 Å². The van der Waals surface area contributed by atoms with E-state index in [0.717, 1.165) is 50.2 Å². The molecule has 0 amide bonds. The van der Waals surface area contributed by atoms with Gasteiger partial charge in [0.2, 0.25) is 5.89 Å². The quantitative estimate of drug-likeness (QED) is 0.864. The zero-order valence-electron chi connectivity index (χ0n) is 11.4. The van der Waals surface area contributed by atoms with E-state index in [4.69, 9.17) is 10.3 Å². The van der Waals surface area contributed by atoms with Crippen molar-refractivity contribution in [2.24, 2.45) is 11.7 Å². The Kier molecular flexibility index (Phi) is 4.72. The summed E-state index contributed by atoms with van der Waals surface area (Å²) >= 11 is 0. The van der Waals surface area contributed by atoms with E-state index < -0.39 is 0 Å². The molecule has 18 heavy (non-hydrogen) atoms. The van der Waals surface area contributed by atoms with Crippen LogP contribution < -0.4 is 5.73 Å². The summed E-state index contributed by atoms with van der Waals surface area (Å²) < 4.78 is 5.23. The van der Waals surface area contributed by atoms with Crippen LogP contribution >= 0.6 is 0 Å². The van der Waals surface area contributed by atoms with Crippen LogP contribution in [-0.2, 0) is 6.54 Å². The van der Waals surface area contributed by atoms with Gasteiger partial charge in [0, 0.05) is 12.5 Å². The highest BCUT2D eigenvalue weighted by Crippen LogP contribution is 2.20. The van der Waals surface area contributed by atoms with Gasteiger partial charge in [0.05, 0.1) is 6.54 Å². The first kappa shape index (κ1) is 13.5. The second kappa shape index (κ2) is 6.29. The van der Waals surface area contributed by atoms with Gasteiger partial charge >= 0.3 is 0 Å². The number of aromatic nitrogens is 2. The van der Waals surface area contributed by atoms with Gasteiger partial charge in [0.25, 0.3) is 0 Å². The Hall–Kier alpha value is -0.940. The van der Waals surface area contributed by atoms with Crippen molar-refractivity contribution in [3.63, 3.8) is 0 Å². The Bertz CT molecular complexity index is 362. The van der Waals surface area contributed by atoms with E-state index in [1.807, 2.05) is 0 Å². The van der Waals surface area contributed by atoms with Crippen molar-refractivity contribution in [2.75, 3.05) is 19.6 Å². The van der Waals surface area contributed by atoms with Gasteiger partial charge in [-0.05, 0) is 38.3 Å². The van der Waals surface area contributed by atoms with Gasteiger partial charge < -0.3 is 10.3 Å². The predicted octanol–water partition coefficient (Wildman–Crippen LogP) is 1.75. The number of rotatable bonds is 5. The molecule has 0 saturated carbocycles. The van der Waals surface area contributed by atoms with Crippen LogP contribution in [0.3, 0.4) is 0 Å². The lowest BCUT2D eigenvalue weighted by Gasteiger charge is -2.31. The Labute approximate surface area is 109 Å². The Morgan fingerprint density at radius 2 is 2.33 bits per heavy atom. The third kappa shape index (κ3) is 3.53. The van der Waals surface area contributed by atoms with Crippen molar-refractivity contribution < 1.29 is 4.52 Å². The number of nitrogens with two attached hydrogens (primary N) is 1. The van der Waals surface area contributed by atoms with Gasteiger partial charge in [-0.2, -0.15) is 4.98 Å². The SMILES string of the molecule is CC(C)c1nc(CN2CCCC(CCN)C2)no1. The predicted molar refractivity (Wildman–Crippen MR) is 70.1 cm³/mol. The molecule has 1 fully saturated rings. The number of nitrogens with zero attached hydrogens (tertiary/aromatic N) is 3. The maximum absolute atomic E-state index is 5.64. The van der Waals surface area contributed by atoms with E-state index in [-0.39, 0.29) is 0 Å². The molecule has 1 aliphatic rings. The molecule has 1 aliphatic heterocycles. The van der Waals surface area contributed by atoms with E-state index in [9.17, 15) is 0 Å². The lowest BCUT2D eigenvalue weighted by atomic mass is 9.95. The molecule has 0 bridgehead atoms. The second-order valence-corrected chi connectivity index (χ2v) is 5.52.